The van der Waals surface area contributed by atoms with Crippen molar-refractivity contribution >= 4 is 0 Å². The van der Waals surface area contributed by atoms with Crippen molar-refractivity contribution in [2.75, 3.05) is 27.1 Å². The van der Waals surface area contributed by atoms with Crippen LogP contribution in [0.1, 0.15) is 85.0 Å². The van der Waals surface area contributed by atoms with Crippen molar-refractivity contribution in [1.29, 1.82) is 0 Å². The van der Waals surface area contributed by atoms with E-state index in [1.165, 1.54) is 44.9 Å². The molecule has 4 aliphatic carbocycles. The third-order valence-electron chi connectivity index (χ3n) is 10.2. The normalized spacial score (nSPS) is 48.1. The van der Waals surface area contributed by atoms with Gasteiger partial charge in [0.15, 0.2) is 0 Å². The molecular formula is C26H46O4. The van der Waals surface area contributed by atoms with E-state index < -0.39 is 0 Å². The second-order valence-electron chi connectivity index (χ2n) is 11.5. The Labute approximate surface area is 184 Å². The van der Waals surface area contributed by atoms with Crippen molar-refractivity contribution in [2.45, 2.75) is 97.2 Å². The first-order valence-electron chi connectivity index (χ1n) is 12.8. The number of aliphatic hydroxyl groups is 1. The van der Waals surface area contributed by atoms with E-state index in [9.17, 15) is 5.11 Å². The third-order valence-corrected chi connectivity index (χ3v) is 10.2. The molecule has 4 rings (SSSR count). The van der Waals surface area contributed by atoms with Gasteiger partial charge in [-0.3, -0.25) is 0 Å². The average Bonchev–Trinajstić information content (AvgIpc) is 3.07. The Balaban J connectivity index is 1.45. The molecule has 4 heteroatoms. The first kappa shape index (κ1) is 23.0. The lowest BCUT2D eigenvalue weighted by Gasteiger charge is -2.62. The van der Waals surface area contributed by atoms with E-state index in [2.05, 4.69) is 20.8 Å². The molecule has 0 aromatic heterocycles. The molecule has 1 N–H and O–H groups in total. The Morgan fingerprint density at radius 2 is 1.70 bits per heavy atom. The molecule has 0 heterocycles. The molecule has 4 saturated carbocycles. The Bertz CT molecular complexity index is 567. The van der Waals surface area contributed by atoms with Crippen LogP contribution >= 0.6 is 0 Å². The summed E-state index contributed by atoms with van der Waals surface area (Å²) >= 11 is 0. The molecule has 30 heavy (non-hydrogen) atoms. The Kier molecular flexibility index (Phi) is 7.19. The molecule has 0 amide bonds. The van der Waals surface area contributed by atoms with E-state index in [1.54, 1.807) is 7.11 Å². The van der Waals surface area contributed by atoms with Crippen molar-refractivity contribution in [3.63, 3.8) is 0 Å². The third kappa shape index (κ3) is 4.00. The summed E-state index contributed by atoms with van der Waals surface area (Å²) in [7, 11) is 1.69. The molecule has 0 radical (unpaired) electrons. The number of fused-ring (bicyclic) bond motifs is 5. The smallest absolute Gasteiger partial charge is 0.146 e. The molecule has 174 valence electrons. The first-order chi connectivity index (χ1) is 14.4. The SMILES string of the molecule is CCCCOC[C@H]1CCC2[C@@H]3C[C@@H](O)C4C[C@@H](OCOC)CC[C@]4(C)C3CC[C@@]21C. The molecule has 3 unspecified atom stereocenters. The number of rotatable bonds is 8. The molecule has 0 aliphatic heterocycles. The van der Waals surface area contributed by atoms with Gasteiger partial charge in [0.05, 0.1) is 12.2 Å². The van der Waals surface area contributed by atoms with Crippen LogP contribution in [0.15, 0.2) is 0 Å². The van der Waals surface area contributed by atoms with Gasteiger partial charge in [-0.1, -0.05) is 27.2 Å². The van der Waals surface area contributed by atoms with Gasteiger partial charge in [-0.15, -0.1) is 0 Å². The molecule has 0 aromatic rings. The summed E-state index contributed by atoms with van der Waals surface area (Å²) in [5.74, 6) is 3.32. The maximum absolute atomic E-state index is 11.3. The highest BCUT2D eigenvalue weighted by Crippen LogP contribution is 2.67. The van der Waals surface area contributed by atoms with Crippen LogP contribution in [0.2, 0.25) is 0 Å². The molecule has 4 aliphatic rings. The fourth-order valence-corrected chi connectivity index (χ4v) is 8.43. The van der Waals surface area contributed by atoms with Crippen LogP contribution in [-0.4, -0.2) is 44.4 Å². The van der Waals surface area contributed by atoms with E-state index in [-0.39, 0.29) is 17.6 Å². The largest absolute Gasteiger partial charge is 0.393 e. The number of methoxy groups -OCH3 is 1. The van der Waals surface area contributed by atoms with E-state index in [0.717, 1.165) is 44.3 Å². The highest BCUT2D eigenvalue weighted by Gasteiger charge is 2.62. The van der Waals surface area contributed by atoms with Gasteiger partial charge in [-0.05, 0) is 98.2 Å². The van der Waals surface area contributed by atoms with Crippen molar-refractivity contribution in [1.82, 2.24) is 0 Å². The Morgan fingerprint density at radius 3 is 2.47 bits per heavy atom. The van der Waals surface area contributed by atoms with Crippen LogP contribution in [-0.2, 0) is 14.2 Å². The van der Waals surface area contributed by atoms with Gasteiger partial charge in [0, 0.05) is 20.3 Å². The van der Waals surface area contributed by atoms with Crippen LogP contribution in [0.4, 0.5) is 0 Å². The lowest BCUT2D eigenvalue weighted by atomic mass is 9.44. The van der Waals surface area contributed by atoms with Gasteiger partial charge in [-0.2, -0.15) is 0 Å². The van der Waals surface area contributed by atoms with Crippen molar-refractivity contribution in [2.24, 2.45) is 40.4 Å². The van der Waals surface area contributed by atoms with E-state index >= 15 is 0 Å². The van der Waals surface area contributed by atoms with Crippen LogP contribution < -0.4 is 0 Å². The summed E-state index contributed by atoms with van der Waals surface area (Å²) in [5, 5.41) is 11.3. The van der Waals surface area contributed by atoms with Gasteiger partial charge in [0.25, 0.3) is 0 Å². The van der Waals surface area contributed by atoms with Gasteiger partial charge < -0.3 is 19.3 Å². The number of hydrogen-bond donors (Lipinski definition) is 1. The minimum Gasteiger partial charge on any atom is -0.393 e. The summed E-state index contributed by atoms with van der Waals surface area (Å²) in [6.45, 7) is 9.55. The molecule has 4 nitrogen and oxygen atoms in total. The standard InChI is InChI=1S/C26H46O4/c1-5-6-13-29-16-18-7-8-21-20-15-24(27)23-14-19(30-17-28-4)9-11-26(23,3)22(20)10-12-25(18,21)2/h18-24,27H,5-17H2,1-4H3/t18-,19+,20+,21?,22?,23?,24-,25-,26-/m1/s1. The summed E-state index contributed by atoms with van der Waals surface area (Å²) in [4.78, 5) is 0. The van der Waals surface area contributed by atoms with Crippen molar-refractivity contribution in [3.8, 4) is 0 Å². The van der Waals surface area contributed by atoms with Crippen LogP contribution in [0.5, 0.6) is 0 Å². The summed E-state index contributed by atoms with van der Waals surface area (Å²) in [6.07, 6.45) is 12.1. The first-order valence-corrected chi connectivity index (χ1v) is 12.8. The molecular weight excluding hydrogens is 376 g/mol. The number of ether oxygens (including phenoxy) is 3. The second kappa shape index (κ2) is 9.37. The number of aliphatic hydroxyl groups excluding tert-OH is 1. The molecule has 0 bridgehead atoms. The summed E-state index contributed by atoms with van der Waals surface area (Å²) in [6, 6.07) is 0. The maximum Gasteiger partial charge on any atom is 0.146 e. The summed E-state index contributed by atoms with van der Waals surface area (Å²) < 4.78 is 17.2. The summed E-state index contributed by atoms with van der Waals surface area (Å²) in [5.41, 5.74) is 0.682. The zero-order valence-corrected chi connectivity index (χ0v) is 19.9. The van der Waals surface area contributed by atoms with Gasteiger partial charge in [0.2, 0.25) is 0 Å². The minimum atomic E-state index is -0.174. The monoisotopic (exact) mass is 422 g/mol. The predicted octanol–water partition coefficient (Wildman–Crippen LogP) is 5.42. The molecule has 0 aromatic carbocycles. The minimum absolute atomic E-state index is 0.174. The average molecular weight is 423 g/mol. The Hall–Kier alpha value is -0.160. The van der Waals surface area contributed by atoms with Gasteiger partial charge >= 0.3 is 0 Å². The fourth-order valence-electron chi connectivity index (χ4n) is 8.43. The Morgan fingerprint density at radius 1 is 0.933 bits per heavy atom. The topological polar surface area (TPSA) is 47.9 Å². The van der Waals surface area contributed by atoms with Gasteiger partial charge in [0.1, 0.15) is 6.79 Å². The van der Waals surface area contributed by atoms with Crippen molar-refractivity contribution < 1.29 is 19.3 Å². The lowest BCUT2D eigenvalue weighted by molar-refractivity contribution is -0.187. The van der Waals surface area contributed by atoms with Crippen LogP contribution in [0, 0.1) is 40.4 Å². The fraction of sp³-hybridized carbons (Fsp3) is 1.00. The highest BCUT2D eigenvalue weighted by atomic mass is 16.7. The van der Waals surface area contributed by atoms with E-state index in [4.69, 9.17) is 14.2 Å². The van der Waals surface area contributed by atoms with Crippen LogP contribution in [0.25, 0.3) is 0 Å². The molecule has 9 atom stereocenters. The maximum atomic E-state index is 11.3. The quantitative estimate of drug-likeness (QED) is 0.419. The number of unbranched alkanes of at least 4 members (excludes halogenated alkanes) is 1. The van der Waals surface area contributed by atoms with Gasteiger partial charge in [-0.25, -0.2) is 0 Å². The highest BCUT2D eigenvalue weighted by molar-refractivity contribution is 5.11. The lowest BCUT2D eigenvalue weighted by Crippen LogP contribution is -2.58. The van der Waals surface area contributed by atoms with Crippen molar-refractivity contribution in [3.05, 3.63) is 0 Å². The zero-order chi connectivity index (χ0) is 21.4. The van der Waals surface area contributed by atoms with E-state index in [1.807, 2.05) is 0 Å². The predicted molar refractivity (Wildman–Crippen MR) is 119 cm³/mol. The zero-order valence-electron chi connectivity index (χ0n) is 19.9. The van der Waals surface area contributed by atoms with E-state index in [0.29, 0.717) is 30.0 Å². The molecule has 0 spiro atoms. The molecule has 4 fully saturated rings. The molecule has 0 saturated heterocycles. The second-order valence-corrected chi connectivity index (χ2v) is 11.5. The van der Waals surface area contributed by atoms with Crippen LogP contribution in [0.3, 0.4) is 0 Å². The number of hydrogen-bond acceptors (Lipinski definition) is 4.